The quantitative estimate of drug-likeness (QED) is 0.750. The summed E-state index contributed by atoms with van der Waals surface area (Å²) < 4.78 is 44.0. The van der Waals surface area contributed by atoms with E-state index in [0.29, 0.717) is 11.5 Å². The van der Waals surface area contributed by atoms with Gasteiger partial charge in [0.2, 0.25) is 0 Å². The zero-order valence-corrected chi connectivity index (χ0v) is 15.7. The number of fused-ring (bicyclic) bond motifs is 1. The maximum Gasteiger partial charge on any atom is 0.490 e. The van der Waals surface area contributed by atoms with E-state index in [-0.39, 0.29) is 0 Å². The molecule has 8 heteroatoms. The molecular formula is C19H30F3NO4. The Morgan fingerprint density at radius 2 is 1.85 bits per heavy atom. The van der Waals surface area contributed by atoms with Crippen molar-refractivity contribution in [2.75, 3.05) is 39.5 Å². The van der Waals surface area contributed by atoms with Crippen LogP contribution in [0.3, 0.4) is 0 Å². The van der Waals surface area contributed by atoms with Crippen LogP contribution in [-0.2, 0) is 14.3 Å². The van der Waals surface area contributed by atoms with Crippen LogP contribution in [0, 0.1) is 17.3 Å². The van der Waals surface area contributed by atoms with Crippen molar-refractivity contribution in [2.24, 2.45) is 17.3 Å². The van der Waals surface area contributed by atoms with Crippen LogP contribution in [0.15, 0.2) is 0 Å². The van der Waals surface area contributed by atoms with E-state index in [1.807, 2.05) is 0 Å². The van der Waals surface area contributed by atoms with Crippen LogP contribution in [0.2, 0.25) is 0 Å². The molecule has 2 atom stereocenters. The summed E-state index contributed by atoms with van der Waals surface area (Å²) in [6.07, 6.45) is 4.83. The molecule has 2 heterocycles. The fourth-order valence-corrected chi connectivity index (χ4v) is 4.13. The monoisotopic (exact) mass is 393 g/mol. The minimum atomic E-state index is -5.08. The SMILES string of the molecule is C1COC2CCN(CC3CC3)CC2(COCC2CC2)C1.O=C(O)C(F)(F)F. The van der Waals surface area contributed by atoms with Crippen LogP contribution < -0.4 is 0 Å². The number of hydrogen-bond donors (Lipinski definition) is 1. The summed E-state index contributed by atoms with van der Waals surface area (Å²) in [4.78, 5) is 11.6. The first-order chi connectivity index (χ1) is 12.8. The third kappa shape index (κ3) is 6.32. The van der Waals surface area contributed by atoms with Crippen molar-refractivity contribution in [3.05, 3.63) is 0 Å². The van der Waals surface area contributed by atoms with Crippen molar-refractivity contribution in [1.82, 2.24) is 4.90 Å². The summed E-state index contributed by atoms with van der Waals surface area (Å²) >= 11 is 0. The van der Waals surface area contributed by atoms with E-state index in [9.17, 15) is 13.2 Å². The zero-order valence-electron chi connectivity index (χ0n) is 15.7. The number of nitrogens with zero attached hydrogens (tertiary/aromatic N) is 1. The Morgan fingerprint density at radius 3 is 2.44 bits per heavy atom. The summed E-state index contributed by atoms with van der Waals surface area (Å²) in [5.41, 5.74) is 0.306. The maximum absolute atomic E-state index is 10.6. The number of halogens is 3. The Balaban J connectivity index is 0.000000260. The fraction of sp³-hybridized carbons (Fsp3) is 0.947. The number of hydrogen-bond acceptors (Lipinski definition) is 4. The molecule has 0 bridgehead atoms. The van der Waals surface area contributed by atoms with Gasteiger partial charge in [-0.1, -0.05) is 0 Å². The van der Waals surface area contributed by atoms with Crippen molar-refractivity contribution in [3.63, 3.8) is 0 Å². The normalized spacial score (nSPS) is 31.6. The molecule has 156 valence electrons. The molecule has 2 unspecified atom stereocenters. The standard InChI is InChI=1S/C17H29NO2.C2HF3O2/c1-7-17(13-19-11-15-4-5-15)12-18(10-14-2-3-14)8-6-16(17)20-9-1;3-2(4,5)1(6)7/h14-16H,1-13H2;(H,6,7). The topological polar surface area (TPSA) is 59.0 Å². The highest BCUT2D eigenvalue weighted by Gasteiger charge is 2.47. The van der Waals surface area contributed by atoms with Crippen molar-refractivity contribution in [2.45, 2.75) is 57.2 Å². The lowest BCUT2D eigenvalue weighted by molar-refractivity contribution is -0.192. The second-order valence-corrected chi connectivity index (χ2v) is 8.55. The lowest BCUT2D eigenvalue weighted by atomic mass is 9.73. The van der Waals surface area contributed by atoms with Gasteiger partial charge in [0.15, 0.2) is 0 Å². The molecule has 0 radical (unpaired) electrons. The van der Waals surface area contributed by atoms with Gasteiger partial charge in [0.1, 0.15) is 0 Å². The average Bonchev–Trinajstić information content (AvgIpc) is 3.50. The van der Waals surface area contributed by atoms with E-state index < -0.39 is 12.1 Å². The van der Waals surface area contributed by atoms with Gasteiger partial charge in [0.25, 0.3) is 0 Å². The van der Waals surface area contributed by atoms with Gasteiger partial charge < -0.3 is 19.5 Å². The Labute approximate surface area is 158 Å². The number of ether oxygens (including phenoxy) is 2. The molecule has 1 N–H and O–H groups in total. The summed E-state index contributed by atoms with van der Waals surface area (Å²) in [5.74, 6) is -0.881. The van der Waals surface area contributed by atoms with E-state index in [1.54, 1.807) is 0 Å². The van der Waals surface area contributed by atoms with Crippen LogP contribution in [-0.4, -0.2) is 67.7 Å². The molecule has 0 aromatic carbocycles. The van der Waals surface area contributed by atoms with Gasteiger partial charge in [-0.2, -0.15) is 13.2 Å². The number of alkyl halides is 3. The summed E-state index contributed by atoms with van der Waals surface area (Å²) in [6.45, 7) is 6.70. The van der Waals surface area contributed by atoms with Crippen LogP contribution in [0.4, 0.5) is 13.2 Å². The van der Waals surface area contributed by atoms with Crippen molar-refractivity contribution in [1.29, 1.82) is 0 Å². The van der Waals surface area contributed by atoms with Gasteiger partial charge in [0.05, 0.1) is 12.7 Å². The van der Waals surface area contributed by atoms with Gasteiger partial charge >= 0.3 is 12.1 Å². The van der Waals surface area contributed by atoms with Crippen LogP contribution >= 0.6 is 0 Å². The van der Waals surface area contributed by atoms with Crippen LogP contribution in [0.25, 0.3) is 0 Å². The molecule has 2 aliphatic carbocycles. The molecule has 4 aliphatic rings. The van der Waals surface area contributed by atoms with Crippen molar-refractivity contribution in [3.8, 4) is 0 Å². The van der Waals surface area contributed by atoms with E-state index in [0.717, 1.165) is 31.7 Å². The number of likely N-dealkylation sites (tertiary alicyclic amines) is 1. The zero-order chi connectivity index (χ0) is 19.5. The predicted molar refractivity (Wildman–Crippen MR) is 92.4 cm³/mol. The number of piperidine rings is 1. The molecule has 5 nitrogen and oxygen atoms in total. The second-order valence-electron chi connectivity index (χ2n) is 8.55. The summed E-state index contributed by atoms with van der Waals surface area (Å²) in [5, 5.41) is 7.12. The van der Waals surface area contributed by atoms with Crippen molar-refractivity contribution >= 4 is 5.97 Å². The number of rotatable bonds is 6. The summed E-state index contributed by atoms with van der Waals surface area (Å²) in [7, 11) is 0. The van der Waals surface area contributed by atoms with Crippen molar-refractivity contribution < 1.29 is 32.5 Å². The lowest BCUT2D eigenvalue weighted by Crippen LogP contribution is -2.57. The number of carboxylic acid groups (broad SMARTS) is 1. The third-order valence-electron chi connectivity index (χ3n) is 5.96. The second kappa shape index (κ2) is 8.66. The Kier molecular flexibility index (Phi) is 6.69. The Morgan fingerprint density at radius 1 is 1.19 bits per heavy atom. The maximum atomic E-state index is 10.6. The highest BCUT2D eigenvalue weighted by atomic mass is 19.4. The molecule has 2 aliphatic heterocycles. The largest absolute Gasteiger partial charge is 0.490 e. The van der Waals surface area contributed by atoms with Gasteiger partial charge in [-0.25, -0.2) is 4.79 Å². The smallest absolute Gasteiger partial charge is 0.475 e. The van der Waals surface area contributed by atoms with Gasteiger partial charge in [-0.3, -0.25) is 0 Å². The molecule has 4 rings (SSSR count). The van der Waals surface area contributed by atoms with E-state index in [2.05, 4.69) is 4.90 Å². The third-order valence-corrected chi connectivity index (χ3v) is 5.96. The molecule has 0 aromatic rings. The fourth-order valence-electron chi connectivity index (χ4n) is 4.13. The molecule has 0 aromatic heterocycles. The Bertz CT molecular complexity index is 508. The highest BCUT2D eigenvalue weighted by molar-refractivity contribution is 5.73. The number of carboxylic acids is 1. The first-order valence-electron chi connectivity index (χ1n) is 10.0. The summed E-state index contributed by atoms with van der Waals surface area (Å²) in [6, 6.07) is 0. The first-order valence-corrected chi connectivity index (χ1v) is 10.0. The van der Waals surface area contributed by atoms with E-state index in [1.165, 1.54) is 64.6 Å². The van der Waals surface area contributed by atoms with E-state index in [4.69, 9.17) is 19.4 Å². The predicted octanol–water partition coefficient (Wildman–Crippen LogP) is 3.33. The number of carbonyl (C=O) groups is 1. The average molecular weight is 393 g/mol. The minimum Gasteiger partial charge on any atom is -0.475 e. The van der Waals surface area contributed by atoms with Crippen LogP contribution in [0.1, 0.15) is 44.9 Å². The molecular weight excluding hydrogens is 363 g/mol. The molecule has 0 amide bonds. The van der Waals surface area contributed by atoms with Gasteiger partial charge in [0, 0.05) is 38.3 Å². The van der Waals surface area contributed by atoms with Crippen LogP contribution in [0.5, 0.6) is 0 Å². The minimum absolute atomic E-state index is 0.306. The highest BCUT2D eigenvalue weighted by Crippen LogP contribution is 2.42. The molecule has 27 heavy (non-hydrogen) atoms. The lowest BCUT2D eigenvalue weighted by Gasteiger charge is -2.50. The Hall–Kier alpha value is -0.860. The number of aliphatic carboxylic acids is 1. The molecule has 2 saturated heterocycles. The first kappa shape index (κ1) is 20.9. The molecule has 4 fully saturated rings. The van der Waals surface area contributed by atoms with Gasteiger partial charge in [-0.05, 0) is 56.8 Å². The molecule has 2 saturated carbocycles. The molecule has 0 spiro atoms. The van der Waals surface area contributed by atoms with E-state index >= 15 is 0 Å². The van der Waals surface area contributed by atoms with Gasteiger partial charge in [-0.15, -0.1) is 0 Å².